The molecule has 0 unspecified atom stereocenters. The third kappa shape index (κ3) is 4.19. The lowest BCUT2D eigenvalue weighted by atomic mass is 10.1. The van der Waals surface area contributed by atoms with Crippen LogP contribution < -0.4 is 20.6 Å². The van der Waals surface area contributed by atoms with E-state index in [2.05, 4.69) is 40.6 Å². The molecule has 1 N–H and O–H groups in total. The number of anilines is 1. The van der Waals surface area contributed by atoms with Gasteiger partial charge in [0.05, 0.1) is 16.6 Å². The number of rotatable bonds is 6. The highest BCUT2D eigenvalue weighted by Gasteiger charge is 2.11. The van der Waals surface area contributed by atoms with E-state index in [0.29, 0.717) is 19.6 Å². The zero-order valence-electron chi connectivity index (χ0n) is 17.0. The Bertz CT molecular complexity index is 1360. The molecule has 4 nitrogen and oxygen atoms in total. The number of fused-ring (bicyclic) bond motifs is 2. The van der Waals surface area contributed by atoms with E-state index in [0.717, 1.165) is 44.0 Å². The number of nitrogens with one attached hydrogen (secondary N) is 1. The highest BCUT2D eigenvalue weighted by atomic mass is 16.5. The van der Waals surface area contributed by atoms with Crippen LogP contribution in [0.3, 0.4) is 0 Å². The number of Topliss-reactive ketones (excluding diaryl/α,β-unsaturated/α-hetero) is 1. The summed E-state index contributed by atoms with van der Waals surface area (Å²) in [5.41, 5.74) is 4.20. The Labute approximate surface area is 180 Å². The van der Waals surface area contributed by atoms with Gasteiger partial charge in [0.2, 0.25) is 0 Å². The Morgan fingerprint density at radius 1 is 0.871 bits per heavy atom. The van der Waals surface area contributed by atoms with Crippen LogP contribution in [0, 0.1) is 0 Å². The second-order valence-electron chi connectivity index (χ2n) is 7.59. The lowest BCUT2D eigenvalue weighted by Crippen LogP contribution is -2.35. The van der Waals surface area contributed by atoms with Crippen molar-refractivity contribution in [2.45, 2.75) is 19.6 Å². The first-order valence-corrected chi connectivity index (χ1v) is 10.4. The van der Waals surface area contributed by atoms with Gasteiger partial charge in [-0.15, -0.1) is 0 Å². The van der Waals surface area contributed by atoms with E-state index < -0.39 is 0 Å². The van der Waals surface area contributed by atoms with Crippen LogP contribution in [-0.2, 0) is 17.9 Å². The highest BCUT2D eigenvalue weighted by Crippen LogP contribution is 2.19. The highest BCUT2D eigenvalue weighted by molar-refractivity contribution is 6.10. The molecule has 4 heteroatoms. The second kappa shape index (κ2) is 8.44. The van der Waals surface area contributed by atoms with Gasteiger partial charge in [0.1, 0.15) is 12.4 Å². The first-order chi connectivity index (χ1) is 15.3. The Hall–Kier alpha value is -3.92. The average molecular weight is 406 g/mol. The van der Waals surface area contributed by atoms with Gasteiger partial charge in [-0.25, -0.2) is 4.98 Å². The third-order valence-corrected chi connectivity index (χ3v) is 5.41. The third-order valence-electron chi connectivity index (χ3n) is 5.41. The second-order valence-corrected chi connectivity index (χ2v) is 7.59. The van der Waals surface area contributed by atoms with Gasteiger partial charge >= 0.3 is 0 Å². The maximum atomic E-state index is 11.9. The van der Waals surface area contributed by atoms with Crippen LogP contribution in [0.25, 0.3) is 23.1 Å². The van der Waals surface area contributed by atoms with Crippen molar-refractivity contribution in [3.8, 4) is 5.75 Å². The number of pyridine rings is 1. The number of hydrogen-bond acceptors (Lipinski definition) is 4. The zero-order chi connectivity index (χ0) is 21.0. The van der Waals surface area contributed by atoms with E-state index in [4.69, 9.17) is 4.74 Å². The summed E-state index contributed by atoms with van der Waals surface area (Å²) in [7, 11) is 0. The Balaban J connectivity index is 1.36. The smallest absolute Gasteiger partial charge is 0.161 e. The van der Waals surface area contributed by atoms with Crippen molar-refractivity contribution in [2.75, 3.05) is 5.32 Å². The average Bonchev–Trinajstić information content (AvgIpc) is 2.81. The normalized spacial score (nSPS) is 12.6. The van der Waals surface area contributed by atoms with Gasteiger partial charge in [0.15, 0.2) is 5.78 Å². The van der Waals surface area contributed by atoms with Crippen molar-refractivity contribution in [2.24, 2.45) is 0 Å². The Kier molecular flexibility index (Phi) is 5.19. The first-order valence-electron chi connectivity index (χ1n) is 10.4. The van der Waals surface area contributed by atoms with Crippen LogP contribution in [0.5, 0.6) is 5.75 Å². The fourth-order valence-corrected chi connectivity index (χ4v) is 3.80. The van der Waals surface area contributed by atoms with Crippen molar-refractivity contribution in [3.63, 3.8) is 0 Å². The number of carbonyl (C=O) groups is 1. The molecule has 0 amide bonds. The monoisotopic (exact) mass is 406 g/mol. The summed E-state index contributed by atoms with van der Waals surface area (Å²) in [6.45, 7) is 1.22. The number of ether oxygens (including phenoxy) is 1. The Morgan fingerprint density at radius 3 is 2.48 bits per heavy atom. The number of ketones is 1. The summed E-state index contributed by atoms with van der Waals surface area (Å²) in [6.07, 6.45) is 4.03. The van der Waals surface area contributed by atoms with Crippen molar-refractivity contribution in [1.82, 2.24) is 4.98 Å². The van der Waals surface area contributed by atoms with Crippen molar-refractivity contribution in [3.05, 3.63) is 101 Å². The fraction of sp³-hybridized carbons (Fsp3) is 0.111. The molecule has 0 aliphatic heterocycles. The summed E-state index contributed by atoms with van der Waals surface area (Å²) >= 11 is 0. The van der Waals surface area contributed by atoms with Gasteiger partial charge in [0.25, 0.3) is 0 Å². The topological polar surface area (TPSA) is 51.2 Å². The van der Waals surface area contributed by atoms with E-state index in [-0.39, 0.29) is 5.78 Å². The van der Waals surface area contributed by atoms with Crippen LogP contribution in [0.2, 0.25) is 0 Å². The largest absolute Gasteiger partial charge is 0.489 e. The van der Waals surface area contributed by atoms with Gasteiger partial charge in [0, 0.05) is 29.6 Å². The van der Waals surface area contributed by atoms with Gasteiger partial charge in [-0.05, 0) is 29.3 Å². The summed E-state index contributed by atoms with van der Waals surface area (Å²) in [4.78, 5) is 16.5. The molecule has 0 saturated heterocycles. The molecule has 1 heterocycles. The van der Waals surface area contributed by atoms with Crippen molar-refractivity contribution >= 4 is 34.5 Å². The predicted molar refractivity (Wildman–Crippen MR) is 124 cm³/mol. The standard InChI is InChI=1S/C27H22N2O2/c30-21-12-15-24-26(16-21)29-25-9-5-4-8-23(25)27(24)28-17-19-10-13-22(14-11-19)31-18-20-6-2-1-3-7-20/h1-11,13-16,28H,12,17-18H2. The fourth-order valence-electron chi connectivity index (χ4n) is 3.80. The van der Waals surface area contributed by atoms with Gasteiger partial charge in [-0.1, -0.05) is 66.7 Å². The molecule has 152 valence electrons. The quantitative estimate of drug-likeness (QED) is 0.527. The van der Waals surface area contributed by atoms with Crippen molar-refractivity contribution in [1.29, 1.82) is 0 Å². The minimum atomic E-state index is 0.0901. The minimum absolute atomic E-state index is 0.0901. The van der Waals surface area contributed by atoms with Gasteiger partial charge in [-0.2, -0.15) is 0 Å². The molecule has 0 saturated carbocycles. The number of nitrogens with zero attached hydrogens (tertiary/aromatic N) is 1. The van der Waals surface area contributed by atoms with Crippen LogP contribution in [0.15, 0.2) is 78.9 Å². The summed E-state index contributed by atoms with van der Waals surface area (Å²) < 4.78 is 5.88. The van der Waals surface area contributed by atoms with E-state index in [9.17, 15) is 4.79 Å². The predicted octanol–water partition coefficient (Wildman–Crippen LogP) is 3.96. The number of carbonyl (C=O) groups excluding carboxylic acids is 1. The summed E-state index contributed by atoms with van der Waals surface area (Å²) in [5, 5.41) is 6.38. The summed E-state index contributed by atoms with van der Waals surface area (Å²) in [5.74, 6) is 0.938. The molecule has 5 rings (SSSR count). The molecule has 1 aliphatic carbocycles. The van der Waals surface area contributed by atoms with Crippen molar-refractivity contribution < 1.29 is 9.53 Å². The van der Waals surface area contributed by atoms with Gasteiger partial charge in [-0.3, -0.25) is 4.79 Å². The molecule has 0 atom stereocenters. The van der Waals surface area contributed by atoms with E-state index in [1.807, 2.05) is 54.6 Å². The van der Waals surface area contributed by atoms with Crippen LogP contribution >= 0.6 is 0 Å². The lowest BCUT2D eigenvalue weighted by Gasteiger charge is -2.13. The number of hydrogen-bond donors (Lipinski definition) is 1. The van der Waals surface area contributed by atoms with E-state index in [1.54, 1.807) is 6.08 Å². The molecule has 1 aromatic heterocycles. The molecule has 1 aliphatic rings. The first kappa shape index (κ1) is 19.1. The number of para-hydroxylation sites is 1. The van der Waals surface area contributed by atoms with Crippen LogP contribution in [-0.4, -0.2) is 10.8 Å². The maximum Gasteiger partial charge on any atom is 0.161 e. The molecule has 0 radical (unpaired) electrons. The zero-order valence-corrected chi connectivity index (χ0v) is 17.0. The molecule has 31 heavy (non-hydrogen) atoms. The molecule has 3 aromatic carbocycles. The number of aromatic nitrogens is 1. The van der Waals surface area contributed by atoms with E-state index >= 15 is 0 Å². The number of benzene rings is 3. The van der Waals surface area contributed by atoms with E-state index in [1.165, 1.54) is 0 Å². The molecule has 0 bridgehead atoms. The Morgan fingerprint density at radius 2 is 1.65 bits per heavy atom. The van der Waals surface area contributed by atoms with Crippen LogP contribution in [0.4, 0.5) is 5.69 Å². The molecular weight excluding hydrogens is 384 g/mol. The van der Waals surface area contributed by atoms with Gasteiger partial charge < -0.3 is 10.1 Å². The molecular formula is C27H22N2O2. The minimum Gasteiger partial charge on any atom is -0.489 e. The summed E-state index contributed by atoms with van der Waals surface area (Å²) in [6, 6.07) is 26.3. The molecule has 0 fully saturated rings. The maximum absolute atomic E-state index is 11.9. The molecule has 0 spiro atoms. The lowest BCUT2D eigenvalue weighted by molar-refractivity contribution is -0.112. The molecule has 4 aromatic rings. The SMILES string of the molecule is O=C1C=c2nc3ccccc3c(NCc3ccc(OCc4ccccc4)cc3)c2=CC1. The van der Waals surface area contributed by atoms with Crippen LogP contribution in [0.1, 0.15) is 17.5 Å².